The van der Waals surface area contributed by atoms with Crippen molar-refractivity contribution in [2.24, 2.45) is 0 Å². The van der Waals surface area contributed by atoms with Gasteiger partial charge < -0.3 is 0 Å². The van der Waals surface area contributed by atoms with Crippen molar-refractivity contribution in [1.29, 1.82) is 0 Å². The van der Waals surface area contributed by atoms with E-state index in [2.05, 4.69) is 133 Å². The van der Waals surface area contributed by atoms with E-state index in [0.29, 0.717) is 0 Å². The molecule has 0 bridgehead atoms. The summed E-state index contributed by atoms with van der Waals surface area (Å²) in [6.07, 6.45) is 10.9. The first-order valence-electron chi connectivity index (χ1n) is 9.39. The average molecular weight is 396 g/mol. The van der Waals surface area contributed by atoms with Gasteiger partial charge >= 0.3 is 0 Å². The molecule has 0 heterocycles. The van der Waals surface area contributed by atoms with E-state index in [1.807, 2.05) is 0 Å². The van der Waals surface area contributed by atoms with Gasteiger partial charge in [0.25, 0.3) is 0 Å². The maximum Gasteiger partial charge on any atom is -0.0157 e. The molecular formula is C26H22P2-2. The predicted molar refractivity (Wildman–Crippen MR) is 127 cm³/mol. The zero-order valence-electron chi connectivity index (χ0n) is 15.6. The van der Waals surface area contributed by atoms with Crippen LogP contribution in [0, 0.1) is 12.1 Å². The second-order valence-corrected chi connectivity index (χ2v) is 10.5. The molecule has 0 aromatic heterocycles. The van der Waals surface area contributed by atoms with E-state index in [-0.39, 0.29) is 0 Å². The number of benzene rings is 3. The lowest BCUT2D eigenvalue weighted by Gasteiger charge is -2.35. The summed E-state index contributed by atoms with van der Waals surface area (Å²) >= 11 is 0. The highest BCUT2D eigenvalue weighted by Gasteiger charge is 2.12. The van der Waals surface area contributed by atoms with Crippen LogP contribution >= 0.6 is 15.8 Å². The Balaban J connectivity index is 1.71. The first-order chi connectivity index (χ1) is 13.9. The molecule has 0 fully saturated rings. The molecule has 3 aromatic rings. The van der Waals surface area contributed by atoms with Gasteiger partial charge in [0.2, 0.25) is 0 Å². The number of allylic oxidation sites excluding steroid dienone is 4. The third-order valence-electron chi connectivity index (χ3n) is 4.50. The SMILES string of the molecule is C1=C[C-](P(/C=C/P(c2ccccc2)c2ccccc2)c2ccccc2)C=C[CH-]1. The van der Waals surface area contributed by atoms with Crippen LogP contribution in [0.5, 0.6) is 0 Å². The largest absolute Gasteiger partial charge is 0.281 e. The lowest BCUT2D eigenvalue weighted by atomic mass is 10.2. The fourth-order valence-electron chi connectivity index (χ4n) is 3.13. The van der Waals surface area contributed by atoms with Crippen LogP contribution in [0.2, 0.25) is 0 Å². The molecule has 4 rings (SSSR count). The molecule has 1 unspecified atom stereocenters. The number of hydrogen-bond donors (Lipinski definition) is 0. The van der Waals surface area contributed by atoms with E-state index in [1.54, 1.807) is 0 Å². The summed E-state index contributed by atoms with van der Waals surface area (Å²) in [4.78, 5) is 0. The van der Waals surface area contributed by atoms with Crippen molar-refractivity contribution in [3.05, 3.63) is 139 Å². The molecule has 0 saturated carbocycles. The highest BCUT2D eigenvalue weighted by atomic mass is 31.1. The van der Waals surface area contributed by atoms with E-state index in [9.17, 15) is 0 Å². The Kier molecular flexibility index (Phi) is 6.46. The quantitative estimate of drug-likeness (QED) is 0.341. The molecule has 1 aliphatic carbocycles. The minimum Gasteiger partial charge on any atom is -0.281 e. The second-order valence-electron chi connectivity index (χ2n) is 6.38. The van der Waals surface area contributed by atoms with Crippen LogP contribution in [0.25, 0.3) is 0 Å². The van der Waals surface area contributed by atoms with E-state index in [4.69, 9.17) is 0 Å². The standard InChI is InChI=1S/C26H22P2/c1-5-13-23(14-6-1)27(24-15-7-2-8-16-24)21-22-28(25-17-9-3-10-18-25)26-19-11-4-12-20-26/h1-22H/q-2/b22-21+. The summed E-state index contributed by atoms with van der Waals surface area (Å²) < 4.78 is 0. The van der Waals surface area contributed by atoms with Crippen molar-refractivity contribution < 1.29 is 0 Å². The van der Waals surface area contributed by atoms with Gasteiger partial charge in [0.15, 0.2) is 0 Å². The van der Waals surface area contributed by atoms with Crippen molar-refractivity contribution in [3.63, 3.8) is 0 Å². The molecule has 0 saturated heterocycles. The average Bonchev–Trinajstić information content (AvgIpc) is 2.79. The van der Waals surface area contributed by atoms with Crippen LogP contribution in [0.15, 0.2) is 127 Å². The van der Waals surface area contributed by atoms with Crippen molar-refractivity contribution in [1.82, 2.24) is 0 Å². The van der Waals surface area contributed by atoms with Gasteiger partial charge in [0.1, 0.15) is 0 Å². The first-order valence-corrected chi connectivity index (χ1v) is 12.2. The van der Waals surface area contributed by atoms with Crippen molar-refractivity contribution in [2.45, 2.75) is 0 Å². The summed E-state index contributed by atoms with van der Waals surface area (Å²) in [5.41, 5.74) is 1.39. The lowest BCUT2D eigenvalue weighted by Crippen LogP contribution is -2.10. The number of rotatable bonds is 6. The number of hydrogen-bond acceptors (Lipinski definition) is 0. The zero-order chi connectivity index (χ0) is 19.0. The second kappa shape index (κ2) is 9.61. The smallest absolute Gasteiger partial charge is 0.0157 e. The third kappa shape index (κ3) is 4.66. The van der Waals surface area contributed by atoms with Crippen molar-refractivity contribution in [3.8, 4) is 0 Å². The Morgan fingerprint density at radius 1 is 0.571 bits per heavy atom. The summed E-state index contributed by atoms with van der Waals surface area (Å²) in [7, 11) is -1.06. The van der Waals surface area contributed by atoms with Crippen molar-refractivity contribution >= 4 is 31.8 Å². The van der Waals surface area contributed by atoms with Gasteiger partial charge in [0.05, 0.1) is 0 Å². The molecule has 1 aliphatic rings. The topological polar surface area (TPSA) is 0 Å². The minimum atomic E-state index is -0.528. The summed E-state index contributed by atoms with van der Waals surface area (Å²) in [5.74, 6) is 4.90. The predicted octanol–water partition coefficient (Wildman–Crippen LogP) is 6.26. The maximum absolute atomic E-state index is 2.45. The van der Waals surface area contributed by atoms with Crippen LogP contribution in [-0.4, -0.2) is 0 Å². The minimum absolute atomic E-state index is 0.528. The Morgan fingerprint density at radius 3 is 1.54 bits per heavy atom. The van der Waals surface area contributed by atoms with Gasteiger partial charge in [-0.2, -0.15) is 0 Å². The van der Waals surface area contributed by atoms with Gasteiger partial charge in [-0.1, -0.05) is 103 Å². The lowest BCUT2D eigenvalue weighted by molar-refractivity contribution is 1.53. The molecule has 1 atom stereocenters. The fraction of sp³-hybridized carbons (Fsp3) is 0. The highest BCUT2D eigenvalue weighted by molar-refractivity contribution is 7.77. The molecular weight excluding hydrogens is 374 g/mol. The summed E-state index contributed by atoms with van der Waals surface area (Å²) in [6, 6.07) is 32.6. The molecule has 138 valence electrons. The van der Waals surface area contributed by atoms with E-state index in [0.717, 1.165) is 0 Å². The maximum atomic E-state index is 2.45. The molecule has 0 nitrogen and oxygen atoms in total. The molecule has 0 amide bonds. The van der Waals surface area contributed by atoms with E-state index >= 15 is 0 Å². The molecule has 2 heteroatoms. The first kappa shape index (κ1) is 18.8. The van der Waals surface area contributed by atoms with Crippen LogP contribution in [0.3, 0.4) is 0 Å². The zero-order valence-corrected chi connectivity index (χ0v) is 17.4. The van der Waals surface area contributed by atoms with Crippen LogP contribution in [-0.2, 0) is 0 Å². The third-order valence-corrected chi connectivity index (χ3v) is 9.05. The van der Waals surface area contributed by atoms with Crippen molar-refractivity contribution in [2.75, 3.05) is 0 Å². The van der Waals surface area contributed by atoms with Crippen LogP contribution in [0.1, 0.15) is 0 Å². The van der Waals surface area contributed by atoms with Gasteiger partial charge in [-0.3, -0.25) is 30.7 Å². The van der Waals surface area contributed by atoms with E-state index < -0.39 is 15.8 Å². The Hall–Kier alpha value is -2.52. The van der Waals surface area contributed by atoms with Crippen LogP contribution < -0.4 is 15.9 Å². The van der Waals surface area contributed by atoms with Crippen LogP contribution in [0.4, 0.5) is 0 Å². The molecule has 0 aliphatic heterocycles. The molecule has 3 aromatic carbocycles. The summed E-state index contributed by atoms with van der Waals surface area (Å²) in [6.45, 7) is 0. The summed E-state index contributed by atoms with van der Waals surface area (Å²) in [5, 5.41) is 4.16. The highest BCUT2D eigenvalue weighted by Crippen LogP contribution is 2.52. The Morgan fingerprint density at radius 2 is 1.04 bits per heavy atom. The van der Waals surface area contributed by atoms with Gasteiger partial charge in [0, 0.05) is 0 Å². The normalized spacial score (nSPS) is 14.4. The van der Waals surface area contributed by atoms with Gasteiger partial charge in [-0.15, -0.1) is 7.92 Å². The molecule has 0 N–H and O–H groups in total. The molecule has 0 spiro atoms. The Bertz CT molecular complexity index is 892. The molecule has 28 heavy (non-hydrogen) atoms. The van der Waals surface area contributed by atoms with Gasteiger partial charge in [-0.25, -0.2) is 5.66 Å². The monoisotopic (exact) mass is 396 g/mol. The fourth-order valence-corrected chi connectivity index (χ4v) is 7.45. The van der Waals surface area contributed by atoms with Gasteiger partial charge in [-0.05, 0) is 23.8 Å². The molecule has 0 radical (unpaired) electrons. The van der Waals surface area contributed by atoms with E-state index in [1.165, 1.54) is 21.6 Å². The Labute approximate surface area is 170 Å².